The average molecular weight is 376 g/mol. The maximum atomic E-state index is 10.4. The van der Waals surface area contributed by atoms with Crippen molar-refractivity contribution >= 4 is 43.2 Å². The van der Waals surface area contributed by atoms with Gasteiger partial charge in [-0.3, -0.25) is 0 Å². The summed E-state index contributed by atoms with van der Waals surface area (Å²) >= 11 is 8.63. The Morgan fingerprint density at radius 3 is 2.41 bits per heavy atom. The first-order chi connectivity index (χ1) is 7.99. The van der Waals surface area contributed by atoms with Crippen molar-refractivity contribution < 1.29 is 5.11 Å². The Labute approximate surface area is 122 Å². The number of hydrogen-bond acceptors (Lipinski definition) is 2. The molecule has 1 aromatic heterocycles. The quantitative estimate of drug-likeness (QED) is 0.785. The van der Waals surface area contributed by atoms with Crippen LogP contribution in [0.2, 0.25) is 0 Å². The van der Waals surface area contributed by atoms with Crippen LogP contribution in [0.15, 0.2) is 33.2 Å². The molecule has 2 rings (SSSR count). The lowest BCUT2D eigenvalue weighted by molar-refractivity contribution is 0.219. The third kappa shape index (κ3) is 2.81. The van der Waals surface area contributed by atoms with E-state index in [1.165, 1.54) is 9.75 Å². The number of halogens is 2. The van der Waals surface area contributed by atoms with E-state index in [4.69, 9.17) is 0 Å². The molecular weight excluding hydrogens is 364 g/mol. The second kappa shape index (κ2) is 5.22. The molecule has 0 spiro atoms. The monoisotopic (exact) mass is 374 g/mol. The van der Waals surface area contributed by atoms with Gasteiger partial charge in [0.15, 0.2) is 0 Å². The Balaban J connectivity index is 2.46. The first-order valence-electron chi connectivity index (χ1n) is 5.19. The van der Waals surface area contributed by atoms with Crippen molar-refractivity contribution in [2.24, 2.45) is 0 Å². The number of aryl methyl sites for hydroxylation is 2. The van der Waals surface area contributed by atoms with Crippen LogP contribution in [0.25, 0.3) is 0 Å². The molecule has 0 aliphatic rings. The molecule has 1 aromatic carbocycles. The fraction of sp³-hybridized carbons (Fsp3) is 0.231. The highest BCUT2D eigenvalue weighted by molar-refractivity contribution is 9.11. The number of aliphatic hydroxyl groups excluding tert-OH is 1. The van der Waals surface area contributed by atoms with Gasteiger partial charge in [0, 0.05) is 24.3 Å². The van der Waals surface area contributed by atoms with E-state index in [0.29, 0.717) is 0 Å². The van der Waals surface area contributed by atoms with Gasteiger partial charge in [-0.15, -0.1) is 11.3 Å². The molecule has 0 aliphatic heterocycles. The summed E-state index contributed by atoms with van der Waals surface area (Å²) in [5, 5.41) is 10.4. The lowest BCUT2D eigenvalue weighted by Gasteiger charge is -2.13. The highest BCUT2D eigenvalue weighted by Gasteiger charge is 2.17. The minimum atomic E-state index is -0.577. The summed E-state index contributed by atoms with van der Waals surface area (Å²) in [6.45, 7) is 4.10. The number of hydrogen-bond donors (Lipinski definition) is 1. The molecule has 17 heavy (non-hydrogen) atoms. The largest absolute Gasteiger partial charge is 0.384 e. The lowest BCUT2D eigenvalue weighted by Crippen LogP contribution is -2.00. The molecule has 1 N–H and O–H groups in total. The molecule has 0 saturated carbocycles. The zero-order valence-corrected chi connectivity index (χ0v) is 13.5. The van der Waals surface area contributed by atoms with Crippen molar-refractivity contribution in [2.45, 2.75) is 20.0 Å². The predicted molar refractivity (Wildman–Crippen MR) is 79.7 cm³/mol. The number of aliphatic hydroxyl groups is 1. The van der Waals surface area contributed by atoms with Gasteiger partial charge in [-0.05, 0) is 43.7 Å². The molecule has 90 valence electrons. The van der Waals surface area contributed by atoms with Crippen molar-refractivity contribution in [2.75, 3.05) is 0 Å². The molecule has 1 heterocycles. The highest BCUT2D eigenvalue weighted by Crippen LogP contribution is 2.35. The second-order valence-electron chi connectivity index (χ2n) is 3.94. The standard InChI is InChI=1S/C13H12Br2OS/c1-7-5-10(8(2)17-7)13(16)11-6-9(14)3-4-12(11)15/h3-6,13,16H,1-2H3. The van der Waals surface area contributed by atoms with E-state index < -0.39 is 6.10 Å². The van der Waals surface area contributed by atoms with Crippen molar-refractivity contribution in [1.82, 2.24) is 0 Å². The maximum Gasteiger partial charge on any atom is 0.106 e. The zero-order valence-electron chi connectivity index (χ0n) is 9.50. The Morgan fingerprint density at radius 2 is 1.82 bits per heavy atom. The normalized spacial score (nSPS) is 12.8. The minimum Gasteiger partial charge on any atom is -0.384 e. The summed E-state index contributed by atoms with van der Waals surface area (Å²) in [7, 11) is 0. The molecule has 0 radical (unpaired) electrons. The first kappa shape index (κ1) is 13.3. The molecule has 1 atom stereocenters. The van der Waals surface area contributed by atoms with Gasteiger partial charge in [0.1, 0.15) is 6.10 Å². The Bertz CT molecular complexity index is 548. The van der Waals surface area contributed by atoms with Crippen LogP contribution in [0, 0.1) is 13.8 Å². The Hall–Kier alpha value is -0.160. The molecule has 4 heteroatoms. The summed E-state index contributed by atoms with van der Waals surface area (Å²) in [6.07, 6.45) is -0.577. The van der Waals surface area contributed by atoms with Gasteiger partial charge in [-0.25, -0.2) is 0 Å². The molecule has 1 nitrogen and oxygen atoms in total. The van der Waals surface area contributed by atoms with E-state index in [2.05, 4.69) is 44.8 Å². The third-order valence-corrected chi connectivity index (χ3v) is 4.82. The van der Waals surface area contributed by atoms with Gasteiger partial charge >= 0.3 is 0 Å². The van der Waals surface area contributed by atoms with E-state index in [1.54, 1.807) is 11.3 Å². The molecule has 0 amide bonds. The number of benzene rings is 1. The van der Waals surface area contributed by atoms with E-state index >= 15 is 0 Å². The van der Waals surface area contributed by atoms with Crippen LogP contribution in [0.4, 0.5) is 0 Å². The van der Waals surface area contributed by atoms with Crippen molar-refractivity contribution in [3.63, 3.8) is 0 Å². The fourth-order valence-electron chi connectivity index (χ4n) is 1.81. The maximum absolute atomic E-state index is 10.4. The van der Waals surface area contributed by atoms with Crippen LogP contribution in [0.5, 0.6) is 0 Å². The second-order valence-corrected chi connectivity index (χ2v) is 7.17. The van der Waals surface area contributed by atoms with Crippen molar-refractivity contribution in [1.29, 1.82) is 0 Å². The van der Waals surface area contributed by atoms with E-state index in [-0.39, 0.29) is 0 Å². The topological polar surface area (TPSA) is 20.2 Å². The van der Waals surface area contributed by atoms with Crippen molar-refractivity contribution in [3.8, 4) is 0 Å². The molecule has 0 bridgehead atoms. The summed E-state index contributed by atoms with van der Waals surface area (Å²) in [5.74, 6) is 0. The SMILES string of the molecule is Cc1cc(C(O)c2cc(Br)ccc2Br)c(C)s1. The van der Waals surface area contributed by atoms with Crippen LogP contribution in [-0.2, 0) is 0 Å². The van der Waals surface area contributed by atoms with E-state index in [1.807, 2.05) is 25.1 Å². The van der Waals surface area contributed by atoms with Gasteiger partial charge in [-0.1, -0.05) is 31.9 Å². The van der Waals surface area contributed by atoms with Crippen LogP contribution >= 0.6 is 43.2 Å². The van der Waals surface area contributed by atoms with Gasteiger partial charge in [0.2, 0.25) is 0 Å². The lowest BCUT2D eigenvalue weighted by atomic mass is 10.0. The van der Waals surface area contributed by atoms with Crippen LogP contribution < -0.4 is 0 Å². The zero-order chi connectivity index (χ0) is 12.6. The summed E-state index contributed by atoms with van der Waals surface area (Å²) in [4.78, 5) is 2.39. The van der Waals surface area contributed by atoms with Crippen molar-refractivity contribution in [3.05, 3.63) is 54.1 Å². The summed E-state index contributed by atoms with van der Waals surface area (Å²) < 4.78 is 1.90. The third-order valence-electron chi connectivity index (χ3n) is 2.63. The summed E-state index contributed by atoms with van der Waals surface area (Å²) in [5.41, 5.74) is 1.88. The van der Waals surface area contributed by atoms with Gasteiger partial charge in [-0.2, -0.15) is 0 Å². The fourth-order valence-corrected chi connectivity index (χ4v) is 3.61. The van der Waals surface area contributed by atoms with E-state index in [9.17, 15) is 5.11 Å². The Kier molecular flexibility index (Phi) is 4.08. The van der Waals surface area contributed by atoms with Gasteiger partial charge in [0.05, 0.1) is 0 Å². The first-order valence-corrected chi connectivity index (χ1v) is 7.59. The number of thiophene rings is 1. The average Bonchev–Trinajstić information content (AvgIpc) is 2.60. The number of rotatable bonds is 2. The van der Waals surface area contributed by atoms with E-state index in [0.717, 1.165) is 20.1 Å². The van der Waals surface area contributed by atoms with Crippen LogP contribution in [0.1, 0.15) is 27.0 Å². The summed E-state index contributed by atoms with van der Waals surface area (Å²) in [6, 6.07) is 7.89. The van der Waals surface area contributed by atoms with Crippen LogP contribution in [0.3, 0.4) is 0 Å². The molecular formula is C13H12Br2OS. The Morgan fingerprint density at radius 1 is 1.12 bits per heavy atom. The highest BCUT2D eigenvalue weighted by atomic mass is 79.9. The smallest absolute Gasteiger partial charge is 0.106 e. The molecule has 2 aromatic rings. The molecule has 0 aliphatic carbocycles. The minimum absolute atomic E-state index is 0.577. The van der Waals surface area contributed by atoms with Gasteiger partial charge in [0.25, 0.3) is 0 Å². The van der Waals surface area contributed by atoms with Gasteiger partial charge < -0.3 is 5.11 Å². The molecule has 1 unspecified atom stereocenters. The molecule has 0 saturated heterocycles. The van der Waals surface area contributed by atoms with Crippen LogP contribution in [-0.4, -0.2) is 5.11 Å². The predicted octanol–water partition coefficient (Wildman–Crippen LogP) is 4.97. The molecule has 0 fully saturated rings.